The molecule has 0 bridgehead atoms. The van der Waals surface area contributed by atoms with Gasteiger partial charge in [-0.3, -0.25) is 0 Å². The third-order valence-corrected chi connectivity index (χ3v) is 4.93. The molecule has 5 nitrogen and oxygen atoms in total. The lowest BCUT2D eigenvalue weighted by atomic mass is 10.2. The van der Waals surface area contributed by atoms with Crippen LogP contribution in [0.5, 0.6) is 11.5 Å². The topological polar surface area (TPSA) is 69.2 Å². The minimum atomic E-state index is 0.417. The summed E-state index contributed by atoms with van der Waals surface area (Å²) in [4.78, 5) is 0. The van der Waals surface area contributed by atoms with Crippen LogP contribution in [0.2, 0.25) is 0 Å². The van der Waals surface area contributed by atoms with E-state index in [1.165, 1.54) is 17.3 Å². The molecule has 0 aliphatic carbocycles. The summed E-state index contributed by atoms with van der Waals surface area (Å²) in [6.45, 7) is 6.57. The minimum Gasteiger partial charge on any atom is -0.490 e. The first-order valence-electron chi connectivity index (χ1n) is 8.37. The van der Waals surface area contributed by atoms with Gasteiger partial charge in [0.05, 0.1) is 16.4 Å². The monoisotopic (exact) mass is 495 g/mol. The van der Waals surface area contributed by atoms with E-state index in [1.807, 2.05) is 37.3 Å². The number of halogens is 1. The molecule has 2 aromatic rings. The molecule has 0 aromatic heterocycles. The Morgan fingerprint density at radius 1 is 1.26 bits per heavy atom. The molecule has 0 heterocycles. The largest absolute Gasteiger partial charge is 0.490 e. The van der Waals surface area contributed by atoms with E-state index in [0.29, 0.717) is 29.9 Å². The molecule has 0 atom stereocenters. The molecule has 0 spiro atoms. The maximum absolute atomic E-state index is 5.92. The lowest BCUT2D eigenvalue weighted by Gasteiger charge is -2.13. The fraction of sp³-hybridized carbons (Fsp3) is 0.200. The van der Waals surface area contributed by atoms with Gasteiger partial charge >= 0.3 is 0 Å². The number of amidine groups is 1. The molecule has 0 amide bonds. The Balaban J connectivity index is 2.05. The van der Waals surface area contributed by atoms with Crippen molar-refractivity contribution in [3.05, 3.63) is 69.8 Å². The summed E-state index contributed by atoms with van der Waals surface area (Å²) in [5.74, 6) is 2.13. The van der Waals surface area contributed by atoms with Crippen molar-refractivity contribution in [2.45, 2.75) is 12.7 Å². The van der Waals surface area contributed by atoms with E-state index in [4.69, 9.17) is 15.2 Å². The molecule has 0 fully saturated rings. The van der Waals surface area contributed by atoms with Crippen LogP contribution in [-0.4, -0.2) is 24.6 Å². The smallest absolute Gasteiger partial charge is 0.180 e. The summed E-state index contributed by atoms with van der Waals surface area (Å²) in [6.07, 6.45) is 3.35. The Kier molecular flexibility index (Phi) is 9.20. The van der Waals surface area contributed by atoms with Gasteiger partial charge in [-0.2, -0.15) is 5.10 Å². The molecule has 2 rings (SSSR count). The lowest BCUT2D eigenvalue weighted by Crippen LogP contribution is -2.06. The van der Waals surface area contributed by atoms with Crippen LogP contribution in [0.25, 0.3) is 0 Å². The fourth-order valence-corrected chi connectivity index (χ4v) is 3.51. The van der Waals surface area contributed by atoms with E-state index >= 15 is 0 Å². The number of benzene rings is 2. The Morgan fingerprint density at radius 3 is 2.74 bits per heavy atom. The SMILES string of the molecule is C=CCOc1c(I)cc(C=NN=C(N)SCc2ccccc2)cc1OCC. The summed E-state index contributed by atoms with van der Waals surface area (Å²) < 4.78 is 12.3. The average Bonchev–Trinajstić information content (AvgIpc) is 2.67. The Hall–Kier alpha value is -2.00. The molecule has 142 valence electrons. The molecular formula is C20H22IN3O2S. The summed E-state index contributed by atoms with van der Waals surface area (Å²) in [5.41, 5.74) is 7.97. The van der Waals surface area contributed by atoms with Crippen LogP contribution in [0.4, 0.5) is 0 Å². The highest BCUT2D eigenvalue weighted by atomic mass is 127. The molecule has 2 N–H and O–H groups in total. The first-order valence-corrected chi connectivity index (χ1v) is 10.4. The highest BCUT2D eigenvalue weighted by molar-refractivity contribution is 14.1. The van der Waals surface area contributed by atoms with Gasteiger partial charge in [-0.05, 0) is 52.8 Å². The summed E-state index contributed by atoms with van der Waals surface area (Å²) in [7, 11) is 0. The second-order valence-corrected chi connectivity index (χ2v) is 7.48. The van der Waals surface area contributed by atoms with Gasteiger partial charge in [-0.1, -0.05) is 54.7 Å². The zero-order valence-corrected chi connectivity index (χ0v) is 18.1. The van der Waals surface area contributed by atoms with Gasteiger partial charge in [0.15, 0.2) is 16.7 Å². The van der Waals surface area contributed by atoms with E-state index in [-0.39, 0.29) is 0 Å². The third-order valence-electron chi connectivity index (χ3n) is 3.27. The molecule has 2 aromatic carbocycles. The van der Waals surface area contributed by atoms with Gasteiger partial charge in [0.25, 0.3) is 0 Å². The molecule has 0 unspecified atom stereocenters. The van der Waals surface area contributed by atoms with Gasteiger partial charge in [0.2, 0.25) is 0 Å². The first-order chi connectivity index (χ1) is 13.1. The lowest BCUT2D eigenvalue weighted by molar-refractivity contribution is 0.295. The van der Waals surface area contributed by atoms with Crippen LogP contribution in [-0.2, 0) is 5.75 Å². The quantitative estimate of drug-likeness (QED) is 0.178. The number of rotatable bonds is 9. The van der Waals surface area contributed by atoms with Crippen LogP contribution >= 0.6 is 34.4 Å². The van der Waals surface area contributed by atoms with Gasteiger partial charge < -0.3 is 15.2 Å². The maximum atomic E-state index is 5.92. The standard InChI is InChI=1S/C20H22IN3O2S/c1-3-10-26-19-17(21)11-16(12-18(19)25-4-2)13-23-24-20(22)27-14-15-8-6-5-7-9-15/h3,5-9,11-13H,1,4,10,14H2,2H3,(H2,22,24). The Morgan fingerprint density at radius 2 is 2.04 bits per heavy atom. The Labute approximate surface area is 177 Å². The molecule has 27 heavy (non-hydrogen) atoms. The van der Waals surface area contributed by atoms with Crippen molar-refractivity contribution in [2.24, 2.45) is 15.9 Å². The molecular weight excluding hydrogens is 473 g/mol. The third kappa shape index (κ3) is 7.26. The molecule has 0 saturated carbocycles. The van der Waals surface area contributed by atoms with Crippen molar-refractivity contribution >= 4 is 45.7 Å². The average molecular weight is 495 g/mol. The number of hydrogen-bond acceptors (Lipinski definition) is 5. The number of hydrogen-bond donors (Lipinski definition) is 1. The zero-order valence-electron chi connectivity index (χ0n) is 15.1. The highest BCUT2D eigenvalue weighted by Crippen LogP contribution is 2.34. The molecule has 0 saturated heterocycles. The van der Waals surface area contributed by atoms with Crippen LogP contribution in [0.15, 0.2) is 65.3 Å². The van der Waals surface area contributed by atoms with E-state index in [9.17, 15) is 0 Å². The minimum absolute atomic E-state index is 0.417. The molecule has 0 radical (unpaired) electrons. The van der Waals surface area contributed by atoms with Crippen LogP contribution in [0.1, 0.15) is 18.1 Å². The second kappa shape index (κ2) is 11.7. The van der Waals surface area contributed by atoms with Crippen molar-refractivity contribution < 1.29 is 9.47 Å². The highest BCUT2D eigenvalue weighted by Gasteiger charge is 2.11. The number of nitrogens with zero attached hydrogens (tertiary/aromatic N) is 2. The van der Waals surface area contributed by atoms with Gasteiger partial charge in [-0.15, -0.1) is 5.10 Å². The van der Waals surface area contributed by atoms with Crippen molar-refractivity contribution in [2.75, 3.05) is 13.2 Å². The van der Waals surface area contributed by atoms with E-state index < -0.39 is 0 Å². The fourth-order valence-electron chi connectivity index (χ4n) is 2.12. The second-order valence-electron chi connectivity index (χ2n) is 5.32. The van der Waals surface area contributed by atoms with Crippen molar-refractivity contribution in [3.8, 4) is 11.5 Å². The van der Waals surface area contributed by atoms with E-state index in [0.717, 1.165) is 14.9 Å². The molecule has 7 heteroatoms. The van der Waals surface area contributed by atoms with E-state index in [2.05, 4.69) is 51.5 Å². The molecule has 0 aliphatic rings. The van der Waals surface area contributed by atoms with Crippen molar-refractivity contribution in [1.82, 2.24) is 0 Å². The predicted molar refractivity (Wildman–Crippen MR) is 123 cm³/mol. The van der Waals surface area contributed by atoms with E-state index in [1.54, 1.807) is 12.3 Å². The van der Waals surface area contributed by atoms with Crippen molar-refractivity contribution in [3.63, 3.8) is 0 Å². The van der Waals surface area contributed by atoms with Crippen LogP contribution in [0.3, 0.4) is 0 Å². The summed E-state index contributed by atoms with van der Waals surface area (Å²) in [6, 6.07) is 13.9. The van der Waals surface area contributed by atoms with Crippen LogP contribution in [0, 0.1) is 3.57 Å². The summed E-state index contributed by atoms with van der Waals surface area (Å²) >= 11 is 3.66. The molecule has 0 aliphatic heterocycles. The Bertz CT molecular complexity index is 810. The predicted octanol–water partition coefficient (Wildman–Crippen LogP) is 4.84. The first kappa shape index (κ1) is 21.3. The normalized spacial score (nSPS) is 11.6. The van der Waals surface area contributed by atoms with Gasteiger partial charge in [0, 0.05) is 5.75 Å². The zero-order chi connectivity index (χ0) is 19.5. The number of nitrogens with two attached hydrogens (primary N) is 1. The maximum Gasteiger partial charge on any atom is 0.180 e. The number of thioether (sulfide) groups is 1. The van der Waals surface area contributed by atoms with Crippen molar-refractivity contribution in [1.29, 1.82) is 0 Å². The van der Waals surface area contributed by atoms with Crippen LogP contribution < -0.4 is 15.2 Å². The summed E-state index contributed by atoms with van der Waals surface area (Å²) in [5, 5.41) is 8.56. The number of ether oxygens (including phenoxy) is 2. The van der Waals surface area contributed by atoms with Gasteiger partial charge in [0.1, 0.15) is 6.61 Å². The van der Waals surface area contributed by atoms with Gasteiger partial charge in [-0.25, -0.2) is 0 Å².